The van der Waals surface area contributed by atoms with Gasteiger partial charge in [-0.2, -0.15) is 0 Å². The van der Waals surface area contributed by atoms with Gasteiger partial charge in [0.1, 0.15) is 5.75 Å². The van der Waals surface area contributed by atoms with Crippen LogP contribution in [-0.4, -0.2) is 23.3 Å². The number of rotatable bonds is 3. The second-order valence-electron chi connectivity index (χ2n) is 3.90. The minimum absolute atomic E-state index is 0.0926. The molecule has 0 amide bonds. The van der Waals surface area contributed by atoms with Gasteiger partial charge in [-0.3, -0.25) is 0 Å². The van der Waals surface area contributed by atoms with Crippen LogP contribution in [0.15, 0.2) is 34.9 Å². The Morgan fingerprint density at radius 2 is 2.21 bits per heavy atom. The first kappa shape index (κ1) is 11.7. The Morgan fingerprint density at radius 1 is 1.37 bits per heavy atom. The molecule has 0 aliphatic carbocycles. The van der Waals surface area contributed by atoms with Crippen LogP contribution >= 0.6 is 11.3 Å². The summed E-state index contributed by atoms with van der Waals surface area (Å²) in [7, 11) is 1.62. The van der Waals surface area contributed by atoms with Gasteiger partial charge >= 0.3 is 5.97 Å². The molecule has 96 valence electrons. The van der Waals surface area contributed by atoms with Crippen molar-refractivity contribution in [3.05, 3.63) is 36.0 Å². The quantitative estimate of drug-likeness (QED) is 0.794. The van der Waals surface area contributed by atoms with Crippen molar-refractivity contribution in [3.63, 3.8) is 0 Å². The first-order valence-corrected chi connectivity index (χ1v) is 6.27. The second-order valence-corrected chi connectivity index (χ2v) is 4.98. The van der Waals surface area contributed by atoms with E-state index in [1.165, 1.54) is 17.4 Å². The maximum absolute atomic E-state index is 10.8. The monoisotopic (exact) mass is 275 g/mol. The van der Waals surface area contributed by atoms with Crippen LogP contribution in [0.5, 0.6) is 5.75 Å². The summed E-state index contributed by atoms with van der Waals surface area (Å²) in [5.74, 6) is 0.139. The first-order chi connectivity index (χ1) is 9.17. The van der Waals surface area contributed by atoms with E-state index in [2.05, 4.69) is 5.16 Å². The molecule has 0 radical (unpaired) electrons. The van der Waals surface area contributed by atoms with Crippen molar-refractivity contribution in [1.82, 2.24) is 5.16 Å². The predicted molar refractivity (Wildman–Crippen MR) is 70.8 cm³/mol. The molecule has 0 unspecified atom stereocenters. The standard InChI is InChI=1S/C13H9NO4S/c1-17-8-3-2-7-4-12(19-11(7)5-8)10-6-9(13(15)16)14-18-10/h2-6H,1H3,(H,15,16). The third-order valence-corrected chi connectivity index (χ3v) is 3.81. The highest BCUT2D eigenvalue weighted by Gasteiger charge is 2.14. The van der Waals surface area contributed by atoms with Gasteiger partial charge in [0.15, 0.2) is 11.5 Å². The largest absolute Gasteiger partial charge is 0.497 e. The highest BCUT2D eigenvalue weighted by Crippen LogP contribution is 2.35. The van der Waals surface area contributed by atoms with E-state index in [1.807, 2.05) is 24.3 Å². The molecule has 1 aromatic carbocycles. The first-order valence-electron chi connectivity index (χ1n) is 5.45. The number of aromatic nitrogens is 1. The van der Waals surface area contributed by atoms with Crippen molar-refractivity contribution in [2.45, 2.75) is 0 Å². The summed E-state index contributed by atoms with van der Waals surface area (Å²) in [4.78, 5) is 11.6. The molecule has 3 aromatic rings. The molecule has 3 rings (SSSR count). The molecule has 0 bridgehead atoms. The number of thiophene rings is 1. The molecule has 0 atom stereocenters. The minimum Gasteiger partial charge on any atom is -0.497 e. The zero-order valence-corrected chi connectivity index (χ0v) is 10.7. The van der Waals surface area contributed by atoms with Gasteiger partial charge in [0.2, 0.25) is 0 Å². The van der Waals surface area contributed by atoms with Crippen molar-refractivity contribution in [2.24, 2.45) is 0 Å². The summed E-state index contributed by atoms with van der Waals surface area (Å²) < 4.78 is 11.3. The summed E-state index contributed by atoms with van der Waals surface area (Å²) in [6.45, 7) is 0. The van der Waals surface area contributed by atoms with Crippen LogP contribution in [0.4, 0.5) is 0 Å². The van der Waals surface area contributed by atoms with Gasteiger partial charge in [0.05, 0.1) is 12.0 Å². The molecule has 1 N–H and O–H groups in total. The molecule has 19 heavy (non-hydrogen) atoms. The van der Waals surface area contributed by atoms with Crippen LogP contribution in [0.3, 0.4) is 0 Å². The molecule has 6 heteroatoms. The second kappa shape index (κ2) is 4.40. The van der Waals surface area contributed by atoms with E-state index in [-0.39, 0.29) is 5.69 Å². The van der Waals surface area contributed by atoms with Crippen LogP contribution in [0.25, 0.3) is 20.7 Å². The fourth-order valence-electron chi connectivity index (χ4n) is 1.75. The average Bonchev–Trinajstić information content (AvgIpc) is 3.04. The van der Waals surface area contributed by atoms with Crippen molar-refractivity contribution in [3.8, 4) is 16.4 Å². The van der Waals surface area contributed by atoms with E-state index in [0.717, 1.165) is 20.7 Å². The van der Waals surface area contributed by atoms with Gasteiger partial charge in [0, 0.05) is 10.8 Å². The van der Waals surface area contributed by atoms with Gasteiger partial charge in [0.25, 0.3) is 0 Å². The smallest absolute Gasteiger partial charge is 0.358 e. The Bertz CT molecular complexity index is 759. The summed E-state index contributed by atoms with van der Waals surface area (Å²) in [6.07, 6.45) is 0. The highest BCUT2D eigenvalue weighted by molar-refractivity contribution is 7.22. The summed E-state index contributed by atoms with van der Waals surface area (Å²) in [5.41, 5.74) is -0.0926. The molecule has 0 spiro atoms. The molecular formula is C13H9NO4S. The van der Waals surface area contributed by atoms with Crippen molar-refractivity contribution in [1.29, 1.82) is 0 Å². The van der Waals surface area contributed by atoms with E-state index in [4.69, 9.17) is 14.4 Å². The molecule has 0 aliphatic rings. The number of ether oxygens (including phenoxy) is 1. The molecule has 0 fully saturated rings. The number of carboxylic acids is 1. The number of nitrogens with zero attached hydrogens (tertiary/aromatic N) is 1. The summed E-state index contributed by atoms with van der Waals surface area (Å²) in [5, 5.41) is 13.4. The highest BCUT2D eigenvalue weighted by atomic mass is 32.1. The molecule has 0 saturated heterocycles. The van der Waals surface area contributed by atoms with E-state index in [1.54, 1.807) is 7.11 Å². The van der Waals surface area contributed by atoms with Crippen LogP contribution in [0.1, 0.15) is 10.5 Å². The molecule has 0 saturated carbocycles. The number of hydrogen-bond acceptors (Lipinski definition) is 5. The van der Waals surface area contributed by atoms with E-state index in [0.29, 0.717) is 5.76 Å². The van der Waals surface area contributed by atoms with Gasteiger partial charge in [-0.25, -0.2) is 4.79 Å². The number of fused-ring (bicyclic) bond motifs is 1. The molecule has 2 heterocycles. The molecule has 0 aliphatic heterocycles. The summed E-state index contributed by atoms with van der Waals surface area (Å²) >= 11 is 1.50. The van der Waals surface area contributed by atoms with Gasteiger partial charge < -0.3 is 14.4 Å². The fraction of sp³-hybridized carbons (Fsp3) is 0.0769. The Hall–Kier alpha value is -2.34. The zero-order valence-electron chi connectivity index (χ0n) is 9.91. The lowest BCUT2D eigenvalue weighted by atomic mass is 10.2. The Labute approximate surface area is 112 Å². The lowest BCUT2D eigenvalue weighted by Crippen LogP contribution is -1.94. The lowest BCUT2D eigenvalue weighted by molar-refractivity contribution is 0.0686. The number of carboxylic acid groups (broad SMARTS) is 1. The van der Waals surface area contributed by atoms with Crippen molar-refractivity contribution in [2.75, 3.05) is 7.11 Å². The normalized spacial score (nSPS) is 10.8. The van der Waals surface area contributed by atoms with Crippen LogP contribution in [0.2, 0.25) is 0 Å². The van der Waals surface area contributed by atoms with E-state index >= 15 is 0 Å². The number of benzene rings is 1. The van der Waals surface area contributed by atoms with Crippen molar-refractivity contribution < 1.29 is 19.2 Å². The number of carbonyl (C=O) groups is 1. The Morgan fingerprint density at radius 3 is 2.89 bits per heavy atom. The lowest BCUT2D eigenvalue weighted by Gasteiger charge is -1.97. The predicted octanol–water partition coefficient (Wildman–Crippen LogP) is 3.26. The Kier molecular flexibility index (Phi) is 2.72. The zero-order chi connectivity index (χ0) is 13.4. The third-order valence-electron chi connectivity index (χ3n) is 2.70. The number of aromatic carboxylic acids is 1. The topological polar surface area (TPSA) is 72.6 Å². The molecule has 5 nitrogen and oxygen atoms in total. The number of hydrogen-bond donors (Lipinski definition) is 1. The van der Waals surface area contributed by atoms with Crippen molar-refractivity contribution >= 4 is 27.4 Å². The third kappa shape index (κ3) is 2.06. The number of methoxy groups -OCH3 is 1. The fourth-order valence-corrected chi connectivity index (χ4v) is 2.79. The minimum atomic E-state index is -1.10. The van der Waals surface area contributed by atoms with Crippen LogP contribution in [0, 0.1) is 0 Å². The average molecular weight is 275 g/mol. The SMILES string of the molecule is COc1ccc2cc(-c3cc(C(=O)O)no3)sc2c1. The maximum Gasteiger partial charge on any atom is 0.358 e. The molecule has 2 aromatic heterocycles. The Balaban J connectivity index is 2.06. The maximum atomic E-state index is 10.8. The van der Waals surface area contributed by atoms with E-state index < -0.39 is 5.97 Å². The van der Waals surface area contributed by atoms with Gasteiger partial charge in [-0.1, -0.05) is 5.16 Å². The van der Waals surface area contributed by atoms with Crippen LogP contribution in [-0.2, 0) is 0 Å². The van der Waals surface area contributed by atoms with Gasteiger partial charge in [-0.05, 0) is 29.7 Å². The van der Waals surface area contributed by atoms with E-state index in [9.17, 15) is 4.79 Å². The molecular weight excluding hydrogens is 266 g/mol. The van der Waals surface area contributed by atoms with Gasteiger partial charge in [-0.15, -0.1) is 11.3 Å². The van der Waals surface area contributed by atoms with Crippen LogP contribution < -0.4 is 4.74 Å². The summed E-state index contributed by atoms with van der Waals surface area (Å²) in [6, 6.07) is 9.11.